The van der Waals surface area contributed by atoms with Crippen molar-refractivity contribution in [2.24, 2.45) is 0 Å². The highest BCUT2D eigenvalue weighted by Crippen LogP contribution is 2.29. The molecular weight excluding hydrogens is 299 g/mol. The topological polar surface area (TPSA) is 29.1 Å². The Balaban J connectivity index is 2.09. The summed E-state index contributed by atoms with van der Waals surface area (Å²) >= 11 is 1.58. The molecule has 0 spiro atoms. The number of rotatable bonds is 3. The summed E-state index contributed by atoms with van der Waals surface area (Å²) in [6.07, 6.45) is -2.46. The molecule has 0 radical (unpaired) electrons. The molecule has 2 aromatic rings. The molecule has 0 aromatic heterocycles. The lowest BCUT2D eigenvalue weighted by atomic mass is 10.1. The maximum absolute atomic E-state index is 12.4. The number of alkyl halides is 3. The van der Waals surface area contributed by atoms with Gasteiger partial charge in [0.1, 0.15) is 0 Å². The van der Waals surface area contributed by atoms with Crippen molar-refractivity contribution >= 4 is 23.4 Å². The number of anilines is 1. The zero-order valence-electron chi connectivity index (χ0n) is 11.1. The van der Waals surface area contributed by atoms with Gasteiger partial charge in [-0.25, -0.2) is 0 Å². The van der Waals surface area contributed by atoms with Gasteiger partial charge >= 0.3 is 6.18 Å². The first-order valence-electron chi connectivity index (χ1n) is 6.03. The van der Waals surface area contributed by atoms with Crippen LogP contribution in [0.5, 0.6) is 0 Å². The highest BCUT2D eigenvalue weighted by molar-refractivity contribution is 7.98. The van der Waals surface area contributed by atoms with Crippen LogP contribution in [0.15, 0.2) is 53.4 Å². The van der Waals surface area contributed by atoms with E-state index < -0.39 is 17.6 Å². The van der Waals surface area contributed by atoms with E-state index in [0.717, 1.165) is 29.2 Å². The van der Waals surface area contributed by atoms with Crippen LogP contribution in [0.25, 0.3) is 0 Å². The molecule has 1 N–H and O–H groups in total. The lowest BCUT2D eigenvalue weighted by Gasteiger charge is -2.08. The van der Waals surface area contributed by atoms with Gasteiger partial charge in [-0.15, -0.1) is 11.8 Å². The van der Waals surface area contributed by atoms with Crippen molar-refractivity contribution in [3.63, 3.8) is 0 Å². The summed E-state index contributed by atoms with van der Waals surface area (Å²) < 4.78 is 37.3. The van der Waals surface area contributed by atoms with Crippen LogP contribution >= 0.6 is 11.8 Å². The molecule has 0 bridgehead atoms. The Morgan fingerprint density at radius 1 is 1.00 bits per heavy atom. The van der Waals surface area contributed by atoms with Crippen molar-refractivity contribution in [1.29, 1.82) is 0 Å². The molecule has 0 aliphatic rings. The fourth-order valence-corrected chi connectivity index (χ4v) is 2.10. The van der Waals surface area contributed by atoms with Gasteiger partial charge in [0.2, 0.25) is 0 Å². The fourth-order valence-electron chi connectivity index (χ4n) is 1.69. The number of hydrogen-bond donors (Lipinski definition) is 1. The monoisotopic (exact) mass is 311 g/mol. The SMILES string of the molecule is CSc1ccc(NC(=O)c2ccc(C(F)(F)F)cc2)cc1. The van der Waals surface area contributed by atoms with Gasteiger partial charge in [-0.3, -0.25) is 4.79 Å². The number of hydrogen-bond acceptors (Lipinski definition) is 2. The summed E-state index contributed by atoms with van der Waals surface area (Å²) in [5, 5.41) is 2.64. The number of carbonyl (C=O) groups is 1. The maximum Gasteiger partial charge on any atom is 0.416 e. The summed E-state index contributed by atoms with van der Waals surface area (Å²) in [6, 6.07) is 11.3. The van der Waals surface area contributed by atoms with Crippen LogP contribution in [0, 0.1) is 0 Å². The Morgan fingerprint density at radius 3 is 2.05 bits per heavy atom. The van der Waals surface area contributed by atoms with Crippen LogP contribution in [0.4, 0.5) is 18.9 Å². The maximum atomic E-state index is 12.4. The van der Waals surface area contributed by atoms with Gasteiger partial charge in [0.05, 0.1) is 5.56 Å². The van der Waals surface area contributed by atoms with Gasteiger partial charge in [0.25, 0.3) is 5.91 Å². The average molecular weight is 311 g/mol. The molecule has 6 heteroatoms. The summed E-state index contributed by atoms with van der Waals surface area (Å²) in [5.41, 5.74) is -0.00184. The normalized spacial score (nSPS) is 11.2. The molecule has 0 fully saturated rings. The smallest absolute Gasteiger partial charge is 0.322 e. The number of nitrogens with one attached hydrogen (secondary N) is 1. The molecular formula is C15H12F3NOS. The predicted molar refractivity (Wildman–Crippen MR) is 77.6 cm³/mol. The molecule has 110 valence electrons. The van der Waals surface area contributed by atoms with Crippen LogP contribution in [-0.4, -0.2) is 12.2 Å². The van der Waals surface area contributed by atoms with Gasteiger partial charge in [0.15, 0.2) is 0 Å². The molecule has 0 aliphatic heterocycles. The second-order valence-corrected chi connectivity index (χ2v) is 5.14. The van der Waals surface area contributed by atoms with Crippen molar-refractivity contribution in [2.45, 2.75) is 11.1 Å². The zero-order chi connectivity index (χ0) is 15.5. The van der Waals surface area contributed by atoms with Gasteiger partial charge in [-0.2, -0.15) is 13.2 Å². The summed E-state index contributed by atoms with van der Waals surface area (Å²) in [7, 11) is 0. The average Bonchev–Trinajstić information content (AvgIpc) is 2.47. The summed E-state index contributed by atoms with van der Waals surface area (Å²) in [5.74, 6) is -0.444. The first-order valence-corrected chi connectivity index (χ1v) is 7.25. The highest BCUT2D eigenvalue weighted by Gasteiger charge is 2.30. The predicted octanol–water partition coefficient (Wildman–Crippen LogP) is 4.68. The molecule has 0 aliphatic carbocycles. The van der Waals surface area contributed by atoms with Crippen LogP contribution < -0.4 is 5.32 Å². The molecule has 1 amide bonds. The van der Waals surface area contributed by atoms with Crippen molar-refractivity contribution in [3.05, 3.63) is 59.7 Å². The molecule has 2 aromatic carbocycles. The Kier molecular flexibility index (Phi) is 4.57. The van der Waals surface area contributed by atoms with E-state index in [4.69, 9.17) is 0 Å². The largest absolute Gasteiger partial charge is 0.416 e. The zero-order valence-corrected chi connectivity index (χ0v) is 11.9. The number of thioether (sulfide) groups is 1. The lowest BCUT2D eigenvalue weighted by Crippen LogP contribution is -2.12. The minimum absolute atomic E-state index is 0.178. The lowest BCUT2D eigenvalue weighted by molar-refractivity contribution is -0.137. The van der Waals surface area contributed by atoms with Gasteiger partial charge < -0.3 is 5.32 Å². The van der Waals surface area contributed by atoms with Crippen LogP contribution in [-0.2, 0) is 6.18 Å². The van der Waals surface area contributed by atoms with E-state index in [-0.39, 0.29) is 5.56 Å². The molecule has 2 nitrogen and oxygen atoms in total. The van der Waals surface area contributed by atoms with E-state index in [1.54, 1.807) is 23.9 Å². The minimum Gasteiger partial charge on any atom is -0.322 e. The van der Waals surface area contributed by atoms with Crippen molar-refractivity contribution in [2.75, 3.05) is 11.6 Å². The number of carbonyl (C=O) groups excluding carboxylic acids is 1. The summed E-state index contributed by atoms with van der Waals surface area (Å²) in [4.78, 5) is 13.0. The second kappa shape index (κ2) is 6.22. The molecule has 21 heavy (non-hydrogen) atoms. The van der Waals surface area contributed by atoms with Crippen LogP contribution in [0.3, 0.4) is 0 Å². The molecule has 2 rings (SSSR count). The first-order chi connectivity index (χ1) is 9.90. The van der Waals surface area contributed by atoms with E-state index in [1.807, 2.05) is 18.4 Å². The van der Waals surface area contributed by atoms with Crippen molar-refractivity contribution in [3.8, 4) is 0 Å². The van der Waals surface area contributed by atoms with Crippen molar-refractivity contribution in [1.82, 2.24) is 0 Å². The standard InChI is InChI=1S/C15H12F3NOS/c1-21-13-8-6-12(7-9-13)19-14(20)10-2-4-11(5-3-10)15(16,17)18/h2-9H,1H3,(H,19,20). The van der Waals surface area contributed by atoms with E-state index in [9.17, 15) is 18.0 Å². The fraction of sp³-hybridized carbons (Fsp3) is 0.133. The van der Waals surface area contributed by atoms with Gasteiger partial charge in [-0.05, 0) is 54.8 Å². The molecule has 0 saturated heterocycles. The summed E-state index contributed by atoms with van der Waals surface area (Å²) in [6.45, 7) is 0. The van der Waals surface area contributed by atoms with Crippen molar-refractivity contribution < 1.29 is 18.0 Å². The second-order valence-electron chi connectivity index (χ2n) is 4.26. The van der Waals surface area contributed by atoms with Crippen LogP contribution in [0.2, 0.25) is 0 Å². The Bertz CT molecular complexity index is 621. The Hall–Kier alpha value is -1.95. The molecule has 0 unspecified atom stereocenters. The van der Waals surface area contributed by atoms with E-state index >= 15 is 0 Å². The van der Waals surface area contributed by atoms with Gasteiger partial charge in [0, 0.05) is 16.1 Å². The third-order valence-electron chi connectivity index (χ3n) is 2.82. The van der Waals surface area contributed by atoms with Crippen LogP contribution in [0.1, 0.15) is 15.9 Å². The molecule has 0 heterocycles. The Morgan fingerprint density at radius 2 is 1.57 bits per heavy atom. The quantitative estimate of drug-likeness (QED) is 0.834. The number of amides is 1. The third-order valence-corrected chi connectivity index (χ3v) is 3.57. The van der Waals surface area contributed by atoms with E-state index in [1.165, 1.54) is 0 Å². The number of halogens is 3. The van der Waals surface area contributed by atoms with Gasteiger partial charge in [-0.1, -0.05) is 0 Å². The number of benzene rings is 2. The minimum atomic E-state index is -4.40. The Labute approximate surface area is 124 Å². The highest BCUT2D eigenvalue weighted by atomic mass is 32.2. The molecule has 0 saturated carbocycles. The van der Waals surface area contributed by atoms with E-state index in [2.05, 4.69) is 5.32 Å². The first kappa shape index (κ1) is 15.4. The van der Waals surface area contributed by atoms with E-state index in [0.29, 0.717) is 5.69 Å². The molecule has 0 atom stereocenters. The third kappa shape index (κ3) is 4.01.